The summed E-state index contributed by atoms with van der Waals surface area (Å²) in [5, 5.41) is 12.2. The van der Waals surface area contributed by atoms with E-state index in [0.29, 0.717) is 17.7 Å². The van der Waals surface area contributed by atoms with E-state index in [1.807, 2.05) is 0 Å². The first-order valence-corrected chi connectivity index (χ1v) is 8.86. The van der Waals surface area contributed by atoms with E-state index in [-0.39, 0.29) is 12.5 Å². The number of aryl methyl sites for hydroxylation is 1. The Hall–Kier alpha value is -1.00. The van der Waals surface area contributed by atoms with Gasteiger partial charge in [-0.1, -0.05) is 29.8 Å². The van der Waals surface area contributed by atoms with E-state index in [0.717, 1.165) is 31.4 Å². The van der Waals surface area contributed by atoms with Crippen LogP contribution in [0.5, 0.6) is 0 Å². The van der Waals surface area contributed by atoms with Gasteiger partial charge >= 0.3 is 0 Å². The Morgan fingerprint density at radius 1 is 1.33 bits per heavy atom. The highest BCUT2D eigenvalue weighted by Crippen LogP contribution is 2.23. The van der Waals surface area contributed by atoms with E-state index in [4.69, 9.17) is 5.11 Å². The molecule has 0 aliphatic heterocycles. The third-order valence-corrected chi connectivity index (χ3v) is 5.06. The van der Waals surface area contributed by atoms with E-state index in [1.54, 1.807) is 11.8 Å². The van der Waals surface area contributed by atoms with Crippen molar-refractivity contribution in [1.29, 1.82) is 0 Å². The average molecular weight is 307 g/mol. The SMILES string of the molecule is Cc1cccc(CSCC(=O)NC2CCC(CO)CC2)c1. The van der Waals surface area contributed by atoms with Gasteiger partial charge in [0.15, 0.2) is 0 Å². The number of hydrogen-bond acceptors (Lipinski definition) is 3. The molecule has 1 saturated carbocycles. The van der Waals surface area contributed by atoms with Gasteiger partial charge in [0.1, 0.15) is 0 Å². The zero-order valence-electron chi connectivity index (χ0n) is 12.7. The van der Waals surface area contributed by atoms with Gasteiger partial charge in [-0.15, -0.1) is 11.8 Å². The highest BCUT2D eigenvalue weighted by molar-refractivity contribution is 7.99. The Morgan fingerprint density at radius 2 is 2.10 bits per heavy atom. The zero-order valence-corrected chi connectivity index (χ0v) is 13.5. The molecule has 116 valence electrons. The van der Waals surface area contributed by atoms with Gasteiger partial charge in [-0.25, -0.2) is 0 Å². The molecule has 21 heavy (non-hydrogen) atoms. The Labute approximate surface area is 131 Å². The fourth-order valence-corrected chi connectivity index (χ4v) is 3.61. The maximum atomic E-state index is 11.9. The molecule has 1 fully saturated rings. The summed E-state index contributed by atoms with van der Waals surface area (Å²) in [6.07, 6.45) is 4.05. The summed E-state index contributed by atoms with van der Waals surface area (Å²) >= 11 is 1.66. The summed E-state index contributed by atoms with van der Waals surface area (Å²) in [5.74, 6) is 1.98. The molecule has 1 amide bonds. The van der Waals surface area contributed by atoms with Gasteiger partial charge in [0.05, 0.1) is 5.75 Å². The zero-order chi connectivity index (χ0) is 15.1. The lowest BCUT2D eigenvalue weighted by molar-refractivity contribution is -0.119. The number of hydrogen-bond donors (Lipinski definition) is 2. The third kappa shape index (κ3) is 5.71. The quantitative estimate of drug-likeness (QED) is 0.849. The van der Waals surface area contributed by atoms with E-state index in [2.05, 4.69) is 36.5 Å². The van der Waals surface area contributed by atoms with Gasteiger partial charge in [-0.3, -0.25) is 4.79 Å². The molecule has 3 nitrogen and oxygen atoms in total. The maximum absolute atomic E-state index is 11.9. The van der Waals surface area contributed by atoms with E-state index < -0.39 is 0 Å². The van der Waals surface area contributed by atoms with Crippen LogP contribution in [-0.4, -0.2) is 29.4 Å². The van der Waals surface area contributed by atoms with Crippen molar-refractivity contribution in [2.24, 2.45) is 5.92 Å². The Bertz CT molecular complexity index is 456. The first-order valence-electron chi connectivity index (χ1n) is 7.71. The summed E-state index contributed by atoms with van der Waals surface area (Å²) < 4.78 is 0. The topological polar surface area (TPSA) is 49.3 Å². The molecule has 1 aromatic rings. The second kappa shape index (κ2) is 8.44. The molecule has 2 rings (SSSR count). The molecule has 0 unspecified atom stereocenters. The summed E-state index contributed by atoms with van der Waals surface area (Å²) in [6, 6.07) is 8.73. The lowest BCUT2D eigenvalue weighted by atomic mass is 9.86. The van der Waals surface area contributed by atoms with Gasteiger partial charge in [0, 0.05) is 18.4 Å². The van der Waals surface area contributed by atoms with Crippen LogP contribution in [0.2, 0.25) is 0 Å². The second-order valence-corrected chi connectivity index (χ2v) is 6.94. The van der Waals surface area contributed by atoms with Crippen molar-refractivity contribution in [3.8, 4) is 0 Å². The second-order valence-electron chi connectivity index (χ2n) is 5.95. The standard InChI is InChI=1S/C17H25NO2S/c1-13-3-2-4-15(9-13)11-21-12-17(20)18-16-7-5-14(10-19)6-8-16/h2-4,9,14,16,19H,5-8,10-12H2,1H3,(H,18,20). The highest BCUT2D eigenvalue weighted by atomic mass is 32.2. The van der Waals surface area contributed by atoms with Crippen LogP contribution < -0.4 is 5.32 Å². The molecule has 0 heterocycles. The van der Waals surface area contributed by atoms with Gasteiger partial charge in [-0.05, 0) is 44.1 Å². The average Bonchev–Trinajstić information content (AvgIpc) is 2.48. The molecule has 0 atom stereocenters. The molecule has 4 heteroatoms. The lowest BCUT2D eigenvalue weighted by Crippen LogP contribution is -2.39. The van der Waals surface area contributed by atoms with Crippen molar-refractivity contribution in [2.45, 2.75) is 44.4 Å². The van der Waals surface area contributed by atoms with Crippen molar-refractivity contribution in [1.82, 2.24) is 5.32 Å². The number of nitrogens with one attached hydrogen (secondary N) is 1. The highest BCUT2D eigenvalue weighted by Gasteiger charge is 2.21. The fraction of sp³-hybridized carbons (Fsp3) is 0.588. The number of carbonyl (C=O) groups is 1. The van der Waals surface area contributed by atoms with Crippen LogP contribution in [0, 0.1) is 12.8 Å². The summed E-state index contributed by atoms with van der Waals surface area (Å²) in [4.78, 5) is 11.9. The monoisotopic (exact) mass is 307 g/mol. The Kier molecular flexibility index (Phi) is 6.58. The molecular formula is C17H25NO2S. The fourth-order valence-electron chi connectivity index (χ4n) is 2.82. The van der Waals surface area contributed by atoms with Crippen LogP contribution in [0.4, 0.5) is 0 Å². The van der Waals surface area contributed by atoms with Crippen LogP contribution in [-0.2, 0) is 10.5 Å². The number of benzene rings is 1. The minimum absolute atomic E-state index is 0.139. The predicted octanol–water partition coefficient (Wildman–Crippen LogP) is 2.90. The van der Waals surface area contributed by atoms with Crippen LogP contribution in [0.25, 0.3) is 0 Å². The summed E-state index contributed by atoms with van der Waals surface area (Å²) in [7, 11) is 0. The Morgan fingerprint density at radius 3 is 2.76 bits per heavy atom. The normalized spacial score (nSPS) is 22.0. The van der Waals surface area contributed by atoms with Crippen molar-refractivity contribution in [3.63, 3.8) is 0 Å². The minimum Gasteiger partial charge on any atom is -0.396 e. The first-order chi connectivity index (χ1) is 10.2. The minimum atomic E-state index is 0.139. The summed E-state index contributed by atoms with van der Waals surface area (Å²) in [5.41, 5.74) is 2.54. The molecule has 1 aliphatic carbocycles. The third-order valence-electron chi connectivity index (χ3n) is 4.05. The van der Waals surface area contributed by atoms with Gasteiger partial charge in [0.25, 0.3) is 0 Å². The molecule has 0 bridgehead atoms. The number of aliphatic hydroxyl groups excluding tert-OH is 1. The number of amides is 1. The van der Waals surface area contributed by atoms with Crippen molar-refractivity contribution < 1.29 is 9.90 Å². The van der Waals surface area contributed by atoms with Crippen LogP contribution in [0.1, 0.15) is 36.8 Å². The van der Waals surface area contributed by atoms with Gasteiger partial charge < -0.3 is 10.4 Å². The molecule has 0 spiro atoms. The van der Waals surface area contributed by atoms with Crippen LogP contribution in [0.3, 0.4) is 0 Å². The van der Waals surface area contributed by atoms with Crippen molar-refractivity contribution >= 4 is 17.7 Å². The van der Waals surface area contributed by atoms with E-state index in [9.17, 15) is 4.79 Å². The Balaban J connectivity index is 1.64. The number of thioether (sulfide) groups is 1. The number of aliphatic hydroxyl groups is 1. The summed E-state index contributed by atoms with van der Waals surface area (Å²) in [6.45, 7) is 2.37. The largest absolute Gasteiger partial charge is 0.396 e. The lowest BCUT2D eigenvalue weighted by Gasteiger charge is -2.27. The smallest absolute Gasteiger partial charge is 0.230 e. The first kappa shape index (κ1) is 16.4. The molecule has 0 radical (unpaired) electrons. The van der Waals surface area contributed by atoms with Gasteiger partial charge in [0.2, 0.25) is 5.91 Å². The van der Waals surface area contributed by atoms with Crippen LogP contribution >= 0.6 is 11.8 Å². The molecule has 1 aromatic carbocycles. The van der Waals surface area contributed by atoms with Crippen molar-refractivity contribution in [2.75, 3.05) is 12.4 Å². The van der Waals surface area contributed by atoms with E-state index in [1.165, 1.54) is 11.1 Å². The van der Waals surface area contributed by atoms with E-state index >= 15 is 0 Å². The predicted molar refractivity (Wildman–Crippen MR) is 88.3 cm³/mol. The molecule has 0 aromatic heterocycles. The maximum Gasteiger partial charge on any atom is 0.230 e. The molecular weight excluding hydrogens is 282 g/mol. The molecule has 1 aliphatic rings. The number of carbonyl (C=O) groups excluding carboxylic acids is 1. The van der Waals surface area contributed by atoms with Crippen LogP contribution in [0.15, 0.2) is 24.3 Å². The number of rotatable bonds is 6. The van der Waals surface area contributed by atoms with Crippen molar-refractivity contribution in [3.05, 3.63) is 35.4 Å². The molecule has 2 N–H and O–H groups in total. The molecule has 0 saturated heterocycles. The van der Waals surface area contributed by atoms with Gasteiger partial charge in [-0.2, -0.15) is 0 Å².